The van der Waals surface area contributed by atoms with Gasteiger partial charge in [0.15, 0.2) is 0 Å². The van der Waals surface area contributed by atoms with E-state index in [1.165, 1.54) is 102 Å². The Labute approximate surface area is 350 Å². The number of hydrogen-bond donors (Lipinski definition) is 0. The summed E-state index contributed by atoms with van der Waals surface area (Å²) < 4.78 is 7.63. The van der Waals surface area contributed by atoms with Gasteiger partial charge >= 0.3 is 0 Å². The molecule has 58 heavy (non-hydrogen) atoms. The van der Waals surface area contributed by atoms with Gasteiger partial charge in [0.05, 0.1) is 5.66 Å². The average molecular weight is 768 g/mol. The molecule has 0 N–H and O–H groups in total. The van der Waals surface area contributed by atoms with E-state index in [2.05, 4.69) is 181 Å². The highest BCUT2D eigenvalue weighted by Gasteiger charge is 2.50. The zero-order valence-electron chi connectivity index (χ0n) is 38.0. The van der Waals surface area contributed by atoms with Crippen LogP contribution in [-0.4, -0.2) is 6.71 Å². The van der Waals surface area contributed by atoms with Crippen LogP contribution in [0.2, 0.25) is 0 Å². The van der Waals surface area contributed by atoms with Gasteiger partial charge in [-0.2, -0.15) is 0 Å². The fraction of sp³-hybridized carbons (Fsp3) is 0.455. The fourth-order valence-electron chi connectivity index (χ4n) is 11.7. The normalized spacial score (nSPS) is 22.1. The molecule has 3 unspecified atom stereocenters. The lowest BCUT2D eigenvalue weighted by Gasteiger charge is -2.46. The molecule has 3 atom stereocenters. The third-order valence-electron chi connectivity index (χ3n) is 15.0. The lowest BCUT2D eigenvalue weighted by atomic mass is 9.32. The molecule has 0 fully saturated rings. The number of nitrogens with zero attached hydrogens (tertiary/aromatic N) is 1. The van der Waals surface area contributed by atoms with E-state index in [1.807, 2.05) is 0 Å². The molecule has 2 nitrogen and oxygen atoms in total. The lowest BCUT2D eigenvalue weighted by molar-refractivity contribution is 0.240. The van der Waals surface area contributed by atoms with Crippen LogP contribution < -0.4 is 16.0 Å². The minimum atomic E-state index is 0.0288. The maximum Gasteiger partial charge on any atom is 0.288 e. The second kappa shape index (κ2) is 13.1. The minimum Gasteiger partial charge on any atom is -0.470 e. The van der Waals surface area contributed by atoms with Crippen molar-refractivity contribution in [3.8, 4) is 0 Å². The summed E-state index contributed by atoms with van der Waals surface area (Å²) >= 11 is 0. The molecule has 3 heteroatoms. The molecule has 0 bridgehead atoms. The number of rotatable bonds is 3. The summed E-state index contributed by atoms with van der Waals surface area (Å²) in [5.74, 6) is 0.969. The van der Waals surface area contributed by atoms with Crippen molar-refractivity contribution >= 4 is 40.2 Å². The molecule has 0 saturated heterocycles. The molecule has 5 aromatic rings. The SMILES string of the molecule is Cc1ccc(N2C3=C(B4c5oc6cc7c(cc6c5C(Cc5ccc(C(C)(C)C)cc5)Cc5cc(C)cc2c54)C(C)(C)CCC7(C)C)C(C)C(C(C)(C)C)C=C3)c(C)c1. The van der Waals surface area contributed by atoms with E-state index in [9.17, 15) is 0 Å². The number of hydrogen-bond acceptors (Lipinski definition) is 2. The zero-order valence-corrected chi connectivity index (χ0v) is 38.0. The first kappa shape index (κ1) is 39.2. The van der Waals surface area contributed by atoms with E-state index in [4.69, 9.17) is 4.42 Å². The second-order valence-electron chi connectivity index (χ2n) is 22.4. The van der Waals surface area contributed by atoms with Gasteiger partial charge in [-0.25, -0.2) is 0 Å². The Hall–Kier alpha value is -4.24. The molecule has 300 valence electrons. The number of anilines is 2. The average Bonchev–Trinajstić information content (AvgIpc) is 3.44. The van der Waals surface area contributed by atoms with Crippen LogP contribution in [0.1, 0.15) is 145 Å². The van der Waals surface area contributed by atoms with Gasteiger partial charge in [0.25, 0.3) is 6.71 Å². The maximum atomic E-state index is 7.63. The Morgan fingerprint density at radius 2 is 1.45 bits per heavy atom. The lowest BCUT2D eigenvalue weighted by Crippen LogP contribution is -2.55. The molecular formula is C55H66BNO. The van der Waals surface area contributed by atoms with E-state index >= 15 is 0 Å². The monoisotopic (exact) mass is 768 g/mol. The van der Waals surface area contributed by atoms with Crippen molar-refractivity contribution in [2.75, 3.05) is 4.90 Å². The first-order valence-corrected chi connectivity index (χ1v) is 22.3. The van der Waals surface area contributed by atoms with E-state index in [1.54, 1.807) is 0 Å². The quantitative estimate of drug-likeness (QED) is 0.170. The number of allylic oxidation sites excluding steroid dienone is 3. The van der Waals surface area contributed by atoms with E-state index < -0.39 is 0 Å². The van der Waals surface area contributed by atoms with Crippen LogP contribution in [-0.2, 0) is 29.1 Å². The molecule has 0 saturated carbocycles. The molecule has 4 aromatic carbocycles. The number of benzene rings is 4. The van der Waals surface area contributed by atoms with Crippen LogP contribution in [0.25, 0.3) is 11.0 Å². The Morgan fingerprint density at radius 1 is 0.776 bits per heavy atom. The third kappa shape index (κ3) is 6.19. The van der Waals surface area contributed by atoms with Gasteiger partial charge in [-0.15, -0.1) is 0 Å². The van der Waals surface area contributed by atoms with Crippen molar-refractivity contribution in [2.24, 2.45) is 17.3 Å². The van der Waals surface area contributed by atoms with E-state index in [-0.39, 0.29) is 34.3 Å². The number of furan rings is 1. The Morgan fingerprint density at radius 3 is 2.09 bits per heavy atom. The third-order valence-corrected chi connectivity index (χ3v) is 15.0. The summed E-state index contributed by atoms with van der Waals surface area (Å²) in [7, 11) is 0. The summed E-state index contributed by atoms with van der Waals surface area (Å²) in [6.07, 6.45) is 9.35. The topological polar surface area (TPSA) is 16.4 Å². The first-order valence-electron chi connectivity index (χ1n) is 22.3. The summed E-state index contributed by atoms with van der Waals surface area (Å²) in [4.78, 5) is 2.63. The molecule has 2 aliphatic carbocycles. The Bertz CT molecular complexity index is 2540. The van der Waals surface area contributed by atoms with Gasteiger partial charge in [0, 0.05) is 22.5 Å². The highest BCUT2D eigenvalue weighted by atomic mass is 16.3. The van der Waals surface area contributed by atoms with E-state index in [0.29, 0.717) is 11.8 Å². The molecule has 9 rings (SSSR count). The maximum absolute atomic E-state index is 7.63. The highest BCUT2D eigenvalue weighted by Crippen LogP contribution is 2.52. The van der Waals surface area contributed by atoms with Crippen LogP contribution >= 0.6 is 0 Å². The largest absolute Gasteiger partial charge is 0.470 e. The zero-order chi connectivity index (χ0) is 41.4. The van der Waals surface area contributed by atoms with E-state index in [0.717, 1.165) is 18.4 Å². The molecule has 2 aliphatic heterocycles. The smallest absolute Gasteiger partial charge is 0.288 e. The van der Waals surface area contributed by atoms with Crippen LogP contribution in [0.5, 0.6) is 0 Å². The van der Waals surface area contributed by atoms with Crippen LogP contribution in [0.3, 0.4) is 0 Å². The van der Waals surface area contributed by atoms with Gasteiger partial charge < -0.3 is 9.32 Å². The van der Waals surface area contributed by atoms with Gasteiger partial charge in [0.2, 0.25) is 0 Å². The molecule has 0 amide bonds. The Kier molecular flexibility index (Phi) is 8.88. The van der Waals surface area contributed by atoms with Crippen LogP contribution in [0.4, 0.5) is 11.4 Å². The predicted molar refractivity (Wildman–Crippen MR) is 249 cm³/mol. The Balaban J connectivity index is 1.37. The molecule has 0 spiro atoms. The molecule has 0 radical (unpaired) electrons. The summed E-state index contributed by atoms with van der Waals surface area (Å²) in [6, 6.07) is 26.6. The van der Waals surface area contributed by atoms with Crippen molar-refractivity contribution in [3.05, 3.63) is 140 Å². The molecule has 4 aliphatic rings. The minimum absolute atomic E-state index is 0.0288. The molecular weight excluding hydrogens is 701 g/mol. The van der Waals surface area contributed by atoms with Gasteiger partial charge in [-0.3, -0.25) is 0 Å². The van der Waals surface area contributed by atoms with Crippen molar-refractivity contribution in [3.63, 3.8) is 0 Å². The first-order chi connectivity index (χ1) is 27.1. The molecule has 1 aromatic heterocycles. The predicted octanol–water partition coefficient (Wildman–Crippen LogP) is 13.3. The highest BCUT2D eigenvalue weighted by molar-refractivity contribution is 6.92. The van der Waals surface area contributed by atoms with Gasteiger partial charge in [-0.05, 0) is 166 Å². The van der Waals surface area contributed by atoms with Gasteiger partial charge in [-0.1, -0.05) is 136 Å². The van der Waals surface area contributed by atoms with Crippen molar-refractivity contribution in [1.82, 2.24) is 0 Å². The van der Waals surface area contributed by atoms with Crippen LogP contribution in [0, 0.1) is 38.0 Å². The number of fused-ring (bicyclic) bond motifs is 6. The second-order valence-corrected chi connectivity index (χ2v) is 22.4. The fourth-order valence-corrected chi connectivity index (χ4v) is 11.7. The number of aryl methyl sites for hydroxylation is 3. The summed E-state index contributed by atoms with van der Waals surface area (Å²) in [5, 5.41) is 1.34. The van der Waals surface area contributed by atoms with Gasteiger partial charge in [0.1, 0.15) is 5.58 Å². The van der Waals surface area contributed by atoms with Crippen molar-refractivity contribution in [1.29, 1.82) is 0 Å². The standard InChI is InChI=1S/C55H66BNO/c1-32-15-21-44(34(3)25-32)57-45-22-20-41(53(8,9)10)35(4)49(45)56-50-38(26-33(2)27-46(50)57)29-37(28-36-16-18-39(19-17-36)52(5,6)7)48-40-30-42-43(31-47(40)58-51(48)56)55(13,14)24-23-54(42,11)12/h15-22,25-27,30-31,35,37,41H,23-24,28-29H2,1-14H3. The van der Waals surface area contributed by atoms with Crippen molar-refractivity contribution in [2.45, 2.75) is 145 Å². The van der Waals surface area contributed by atoms with Crippen LogP contribution in [0.15, 0.2) is 94.5 Å². The summed E-state index contributed by atoms with van der Waals surface area (Å²) in [5.41, 5.74) is 22.2. The molecule has 3 heterocycles. The summed E-state index contributed by atoms with van der Waals surface area (Å²) in [6.45, 7) is 33.4. The van der Waals surface area contributed by atoms with Crippen molar-refractivity contribution < 1.29 is 4.42 Å².